The lowest BCUT2D eigenvalue weighted by Gasteiger charge is -2.42. The van der Waals surface area contributed by atoms with Crippen LogP contribution in [0.5, 0.6) is 5.75 Å². The van der Waals surface area contributed by atoms with E-state index in [1.807, 2.05) is 0 Å². The fourth-order valence-corrected chi connectivity index (χ4v) is 2.42. The Kier molecular flexibility index (Phi) is 3.72. The van der Waals surface area contributed by atoms with Crippen molar-refractivity contribution in [1.29, 1.82) is 0 Å². The van der Waals surface area contributed by atoms with Gasteiger partial charge < -0.3 is 10.5 Å². The van der Waals surface area contributed by atoms with Gasteiger partial charge in [-0.25, -0.2) is 0 Å². The van der Waals surface area contributed by atoms with E-state index in [1.54, 1.807) is 0 Å². The molecule has 2 heteroatoms. The second kappa shape index (κ2) is 5.09. The molecule has 1 aromatic rings. The van der Waals surface area contributed by atoms with Gasteiger partial charge in [-0.2, -0.15) is 0 Å². The van der Waals surface area contributed by atoms with Crippen molar-refractivity contribution in [3.05, 3.63) is 29.8 Å². The number of benzene rings is 1. The van der Waals surface area contributed by atoms with Gasteiger partial charge in [-0.3, -0.25) is 0 Å². The standard InChI is InChI=1S/C15H23NO/c1-12(2)13-5-3-6-14(11-13)17-15(9-10-16)7-4-8-15/h3,5-6,11-12H,4,7-10,16H2,1-2H3. The van der Waals surface area contributed by atoms with E-state index in [1.165, 1.54) is 12.0 Å². The Morgan fingerprint density at radius 1 is 1.35 bits per heavy atom. The van der Waals surface area contributed by atoms with E-state index < -0.39 is 0 Å². The van der Waals surface area contributed by atoms with Crippen LogP contribution in [0.1, 0.15) is 51.0 Å². The molecule has 0 saturated heterocycles. The lowest BCUT2D eigenvalue weighted by atomic mass is 9.77. The summed E-state index contributed by atoms with van der Waals surface area (Å²) < 4.78 is 6.19. The van der Waals surface area contributed by atoms with Crippen LogP contribution in [0.2, 0.25) is 0 Å². The van der Waals surface area contributed by atoms with Gasteiger partial charge in [-0.15, -0.1) is 0 Å². The van der Waals surface area contributed by atoms with Crippen LogP contribution in [-0.4, -0.2) is 12.1 Å². The zero-order valence-electron chi connectivity index (χ0n) is 10.9. The third-order valence-electron chi connectivity index (χ3n) is 3.72. The van der Waals surface area contributed by atoms with Gasteiger partial charge in [-0.1, -0.05) is 26.0 Å². The Labute approximate surface area is 104 Å². The maximum atomic E-state index is 6.19. The van der Waals surface area contributed by atoms with E-state index in [9.17, 15) is 0 Å². The van der Waals surface area contributed by atoms with Crippen molar-refractivity contribution in [2.24, 2.45) is 5.73 Å². The van der Waals surface area contributed by atoms with Gasteiger partial charge in [0.05, 0.1) is 0 Å². The molecular formula is C15H23NO. The molecule has 2 nitrogen and oxygen atoms in total. The Morgan fingerprint density at radius 3 is 2.65 bits per heavy atom. The van der Waals surface area contributed by atoms with Gasteiger partial charge in [0.15, 0.2) is 0 Å². The van der Waals surface area contributed by atoms with E-state index >= 15 is 0 Å². The average Bonchev–Trinajstić information content (AvgIpc) is 2.26. The molecule has 1 aliphatic carbocycles. The number of nitrogens with two attached hydrogens (primary N) is 1. The van der Waals surface area contributed by atoms with Gasteiger partial charge in [0.1, 0.15) is 11.4 Å². The Hall–Kier alpha value is -1.02. The number of rotatable bonds is 5. The van der Waals surface area contributed by atoms with E-state index in [2.05, 4.69) is 38.1 Å². The molecule has 0 unspecified atom stereocenters. The highest BCUT2D eigenvalue weighted by molar-refractivity contribution is 5.31. The zero-order chi connectivity index (χ0) is 12.3. The molecular weight excluding hydrogens is 210 g/mol. The molecule has 1 aliphatic rings. The van der Waals surface area contributed by atoms with Crippen LogP contribution < -0.4 is 10.5 Å². The minimum atomic E-state index is 0.0321. The fraction of sp³-hybridized carbons (Fsp3) is 0.600. The van der Waals surface area contributed by atoms with Gasteiger partial charge in [0.2, 0.25) is 0 Å². The quantitative estimate of drug-likeness (QED) is 0.845. The minimum Gasteiger partial charge on any atom is -0.487 e. The SMILES string of the molecule is CC(C)c1cccc(OC2(CCN)CCC2)c1. The van der Waals surface area contributed by atoms with Crippen LogP contribution in [0.3, 0.4) is 0 Å². The van der Waals surface area contributed by atoms with Crippen LogP contribution in [-0.2, 0) is 0 Å². The predicted molar refractivity (Wildman–Crippen MR) is 71.4 cm³/mol. The minimum absolute atomic E-state index is 0.0321. The van der Waals surface area contributed by atoms with E-state index in [-0.39, 0.29) is 5.60 Å². The van der Waals surface area contributed by atoms with Crippen molar-refractivity contribution in [1.82, 2.24) is 0 Å². The number of hydrogen-bond donors (Lipinski definition) is 1. The van der Waals surface area contributed by atoms with Crippen LogP contribution >= 0.6 is 0 Å². The fourth-order valence-electron chi connectivity index (χ4n) is 2.42. The third-order valence-corrected chi connectivity index (χ3v) is 3.72. The predicted octanol–water partition coefficient (Wildman–Crippen LogP) is 3.46. The summed E-state index contributed by atoms with van der Waals surface area (Å²) in [6.45, 7) is 5.13. The van der Waals surface area contributed by atoms with Crippen LogP contribution in [0.25, 0.3) is 0 Å². The molecule has 0 heterocycles. The van der Waals surface area contributed by atoms with Gasteiger partial charge in [0.25, 0.3) is 0 Å². The second-order valence-electron chi connectivity index (χ2n) is 5.40. The van der Waals surface area contributed by atoms with Crippen LogP contribution in [0.15, 0.2) is 24.3 Å². The number of hydrogen-bond acceptors (Lipinski definition) is 2. The average molecular weight is 233 g/mol. The normalized spacial score (nSPS) is 17.9. The lowest BCUT2D eigenvalue weighted by Crippen LogP contribution is -2.44. The lowest BCUT2D eigenvalue weighted by molar-refractivity contribution is -0.0125. The van der Waals surface area contributed by atoms with Gasteiger partial charge >= 0.3 is 0 Å². The smallest absolute Gasteiger partial charge is 0.120 e. The first kappa shape index (κ1) is 12.4. The molecule has 94 valence electrons. The molecule has 1 saturated carbocycles. The maximum absolute atomic E-state index is 6.19. The highest BCUT2D eigenvalue weighted by atomic mass is 16.5. The van der Waals surface area contributed by atoms with Crippen molar-refractivity contribution in [3.8, 4) is 5.75 Å². The van der Waals surface area contributed by atoms with E-state index in [0.29, 0.717) is 12.5 Å². The Morgan fingerprint density at radius 2 is 2.12 bits per heavy atom. The molecule has 0 atom stereocenters. The first-order valence-corrected chi connectivity index (χ1v) is 6.64. The van der Waals surface area contributed by atoms with Crippen molar-refractivity contribution in [3.63, 3.8) is 0 Å². The van der Waals surface area contributed by atoms with Crippen LogP contribution in [0.4, 0.5) is 0 Å². The van der Waals surface area contributed by atoms with E-state index in [0.717, 1.165) is 25.0 Å². The summed E-state index contributed by atoms with van der Waals surface area (Å²) in [5.74, 6) is 1.55. The monoisotopic (exact) mass is 233 g/mol. The molecule has 1 aromatic carbocycles. The Balaban J connectivity index is 2.09. The molecule has 0 bridgehead atoms. The summed E-state index contributed by atoms with van der Waals surface area (Å²) in [6, 6.07) is 8.47. The molecule has 17 heavy (non-hydrogen) atoms. The molecule has 2 rings (SSSR count). The van der Waals surface area contributed by atoms with Crippen molar-refractivity contribution in [2.45, 2.75) is 51.0 Å². The van der Waals surface area contributed by atoms with Gasteiger partial charge in [0, 0.05) is 0 Å². The molecule has 2 N–H and O–H groups in total. The van der Waals surface area contributed by atoms with Crippen molar-refractivity contribution >= 4 is 0 Å². The first-order chi connectivity index (χ1) is 8.15. The Bertz CT molecular complexity index is 369. The first-order valence-electron chi connectivity index (χ1n) is 6.64. The summed E-state index contributed by atoms with van der Waals surface area (Å²) >= 11 is 0. The summed E-state index contributed by atoms with van der Waals surface area (Å²) in [7, 11) is 0. The molecule has 0 aliphatic heterocycles. The summed E-state index contributed by atoms with van der Waals surface area (Å²) in [4.78, 5) is 0. The second-order valence-corrected chi connectivity index (χ2v) is 5.40. The largest absolute Gasteiger partial charge is 0.487 e. The van der Waals surface area contributed by atoms with Crippen molar-refractivity contribution in [2.75, 3.05) is 6.54 Å². The topological polar surface area (TPSA) is 35.2 Å². The highest BCUT2D eigenvalue weighted by Gasteiger charge is 2.38. The molecule has 0 aromatic heterocycles. The molecule has 0 radical (unpaired) electrons. The van der Waals surface area contributed by atoms with Gasteiger partial charge in [-0.05, 0) is 55.8 Å². The molecule has 0 amide bonds. The number of ether oxygens (including phenoxy) is 1. The molecule has 0 spiro atoms. The van der Waals surface area contributed by atoms with Crippen molar-refractivity contribution < 1.29 is 4.74 Å². The zero-order valence-corrected chi connectivity index (χ0v) is 10.9. The molecule has 1 fully saturated rings. The maximum Gasteiger partial charge on any atom is 0.120 e. The third kappa shape index (κ3) is 2.81. The highest BCUT2D eigenvalue weighted by Crippen LogP contribution is 2.39. The van der Waals surface area contributed by atoms with E-state index in [4.69, 9.17) is 10.5 Å². The summed E-state index contributed by atoms with van der Waals surface area (Å²) in [5.41, 5.74) is 7.05. The van der Waals surface area contributed by atoms with Crippen LogP contribution in [0, 0.1) is 0 Å². The summed E-state index contributed by atoms with van der Waals surface area (Å²) in [5, 5.41) is 0. The summed E-state index contributed by atoms with van der Waals surface area (Å²) in [6.07, 6.45) is 4.54.